The summed E-state index contributed by atoms with van der Waals surface area (Å²) in [4.78, 5) is 0. The Morgan fingerprint density at radius 2 is 2.31 bits per heavy atom. The van der Waals surface area contributed by atoms with Gasteiger partial charge < -0.3 is 15.2 Å². The minimum absolute atomic E-state index is 0.361. The van der Waals surface area contributed by atoms with Crippen LogP contribution in [0, 0.1) is 0 Å². The lowest BCUT2D eigenvalue weighted by Crippen LogP contribution is -2.30. The van der Waals surface area contributed by atoms with Crippen LogP contribution in [0.3, 0.4) is 0 Å². The van der Waals surface area contributed by atoms with Gasteiger partial charge in [0.05, 0.1) is 19.3 Å². The average Bonchev–Trinajstić information content (AvgIpc) is 2.26. The monoisotopic (exact) mass is 287 g/mol. The Morgan fingerprint density at radius 3 is 3.00 bits per heavy atom. The highest BCUT2D eigenvalue weighted by atomic mass is 79.9. The number of nitrogens with one attached hydrogen (secondary N) is 1. The summed E-state index contributed by atoms with van der Waals surface area (Å²) in [7, 11) is 0. The molecule has 16 heavy (non-hydrogen) atoms. The lowest BCUT2D eigenvalue weighted by molar-refractivity contribution is 0.0291. The van der Waals surface area contributed by atoms with E-state index in [-0.39, 0.29) is 0 Å². The van der Waals surface area contributed by atoms with Gasteiger partial charge in [-0.05, 0) is 24.2 Å². The highest BCUT2D eigenvalue weighted by molar-refractivity contribution is 9.10. The van der Waals surface area contributed by atoms with Gasteiger partial charge in [0.25, 0.3) is 0 Å². The number of aliphatic hydroxyl groups excluding tert-OH is 1. The normalized spacial score (nSPS) is 12.7. The molecule has 4 heteroatoms. The van der Waals surface area contributed by atoms with Crippen LogP contribution in [-0.4, -0.2) is 30.9 Å². The second-order valence-electron chi connectivity index (χ2n) is 3.61. The molecule has 0 aliphatic rings. The van der Waals surface area contributed by atoms with Crippen molar-refractivity contribution in [2.75, 3.05) is 19.7 Å². The molecular formula is C12H18BrNO2. The van der Waals surface area contributed by atoms with Crippen molar-refractivity contribution in [3.8, 4) is 0 Å². The third-order valence-corrected chi connectivity index (χ3v) is 2.59. The predicted molar refractivity (Wildman–Crippen MR) is 68.3 cm³/mol. The molecule has 0 aliphatic carbocycles. The number of ether oxygens (including phenoxy) is 1. The highest BCUT2D eigenvalue weighted by Crippen LogP contribution is 2.12. The van der Waals surface area contributed by atoms with E-state index in [9.17, 15) is 5.11 Å². The van der Waals surface area contributed by atoms with Crippen molar-refractivity contribution in [1.82, 2.24) is 5.32 Å². The molecule has 0 saturated heterocycles. The largest absolute Gasteiger partial charge is 0.389 e. The van der Waals surface area contributed by atoms with Crippen LogP contribution in [0.2, 0.25) is 0 Å². The second kappa shape index (κ2) is 7.79. The van der Waals surface area contributed by atoms with Gasteiger partial charge in [0.2, 0.25) is 0 Å². The Hall–Kier alpha value is -0.420. The first-order valence-corrected chi connectivity index (χ1v) is 6.22. The number of rotatable bonds is 7. The third-order valence-electron chi connectivity index (χ3n) is 2.10. The summed E-state index contributed by atoms with van der Waals surface area (Å²) in [5.74, 6) is 0. The molecule has 0 spiro atoms. The van der Waals surface area contributed by atoms with Crippen LogP contribution in [-0.2, 0) is 11.3 Å². The smallest absolute Gasteiger partial charge is 0.0897 e. The SMILES string of the molecule is CCNCC(O)COCc1cccc(Br)c1. The van der Waals surface area contributed by atoms with Crippen molar-refractivity contribution >= 4 is 15.9 Å². The summed E-state index contributed by atoms with van der Waals surface area (Å²) < 4.78 is 6.47. The molecule has 90 valence electrons. The van der Waals surface area contributed by atoms with Crippen LogP contribution in [0.4, 0.5) is 0 Å². The first-order chi connectivity index (χ1) is 7.72. The van der Waals surface area contributed by atoms with Crippen molar-refractivity contribution in [3.05, 3.63) is 34.3 Å². The maximum atomic E-state index is 9.52. The van der Waals surface area contributed by atoms with Gasteiger partial charge in [0.15, 0.2) is 0 Å². The van der Waals surface area contributed by atoms with Crippen LogP contribution in [0.25, 0.3) is 0 Å². The molecule has 2 N–H and O–H groups in total. The maximum Gasteiger partial charge on any atom is 0.0897 e. The van der Waals surface area contributed by atoms with Gasteiger partial charge in [0.1, 0.15) is 0 Å². The lowest BCUT2D eigenvalue weighted by atomic mass is 10.2. The zero-order valence-corrected chi connectivity index (χ0v) is 11.0. The standard InChI is InChI=1S/C12H18BrNO2/c1-2-14-7-12(15)9-16-8-10-4-3-5-11(13)6-10/h3-6,12,14-15H,2,7-9H2,1H3. The molecule has 3 nitrogen and oxygen atoms in total. The van der Waals surface area contributed by atoms with E-state index in [2.05, 4.69) is 21.2 Å². The Labute approximate surface area is 105 Å². The fraction of sp³-hybridized carbons (Fsp3) is 0.500. The Bertz CT molecular complexity index is 307. The highest BCUT2D eigenvalue weighted by Gasteiger charge is 2.03. The van der Waals surface area contributed by atoms with Gasteiger partial charge >= 0.3 is 0 Å². The van der Waals surface area contributed by atoms with Gasteiger partial charge in [-0.15, -0.1) is 0 Å². The molecule has 0 bridgehead atoms. The van der Waals surface area contributed by atoms with E-state index >= 15 is 0 Å². The fourth-order valence-electron chi connectivity index (χ4n) is 1.31. The topological polar surface area (TPSA) is 41.5 Å². The Morgan fingerprint density at radius 1 is 1.50 bits per heavy atom. The number of benzene rings is 1. The number of aliphatic hydroxyl groups is 1. The first-order valence-electron chi connectivity index (χ1n) is 5.43. The van der Waals surface area contributed by atoms with Crippen LogP contribution in [0.1, 0.15) is 12.5 Å². The summed E-state index contributed by atoms with van der Waals surface area (Å²) in [6, 6.07) is 7.96. The zero-order chi connectivity index (χ0) is 11.8. The lowest BCUT2D eigenvalue weighted by Gasteiger charge is -2.11. The summed E-state index contributed by atoms with van der Waals surface area (Å²) >= 11 is 3.40. The van der Waals surface area contributed by atoms with Crippen LogP contribution in [0.5, 0.6) is 0 Å². The van der Waals surface area contributed by atoms with E-state index < -0.39 is 6.10 Å². The molecular weight excluding hydrogens is 270 g/mol. The van der Waals surface area contributed by atoms with Crippen LogP contribution in [0.15, 0.2) is 28.7 Å². The molecule has 0 aliphatic heterocycles. The van der Waals surface area contributed by atoms with E-state index in [0.29, 0.717) is 19.8 Å². The molecule has 0 heterocycles. The van der Waals surface area contributed by atoms with Crippen molar-refractivity contribution in [2.24, 2.45) is 0 Å². The van der Waals surface area contributed by atoms with E-state index in [0.717, 1.165) is 16.6 Å². The minimum atomic E-state index is -0.438. The zero-order valence-electron chi connectivity index (χ0n) is 9.45. The molecule has 0 amide bonds. The first kappa shape index (κ1) is 13.6. The molecule has 1 rings (SSSR count). The molecule has 0 radical (unpaired) electrons. The van der Waals surface area contributed by atoms with Gasteiger partial charge in [-0.25, -0.2) is 0 Å². The second-order valence-corrected chi connectivity index (χ2v) is 4.52. The number of halogens is 1. The maximum absolute atomic E-state index is 9.52. The van der Waals surface area contributed by atoms with Gasteiger partial charge in [-0.1, -0.05) is 35.0 Å². The third kappa shape index (κ3) is 5.61. The summed E-state index contributed by atoms with van der Waals surface area (Å²) in [6.45, 7) is 4.34. The van der Waals surface area contributed by atoms with Crippen LogP contribution >= 0.6 is 15.9 Å². The molecule has 0 saturated carbocycles. The van der Waals surface area contributed by atoms with Gasteiger partial charge in [0, 0.05) is 11.0 Å². The molecule has 0 fully saturated rings. The average molecular weight is 288 g/mol. The summed E-state index contributed by atoms with van der Waals surface area (Å²) in [5, 5.41) is 12.6. The number of hydrogen-bond donors (Lipinski definition) is 2. The van der Waals surface area contributed by atoms with Gasteiger partial charge in [-0.2, -0.15) is 0 Å². The predicted octanol–water partition coefficient (Wildman–Crippen LogP) is 1.94. The summed E-state index contributed by atoms with van der Waals surface area (Å²) in [6.07, 6.45) is -0.438. The molecule has 1 aromatic carbocycles. The number of hydrogen-bond acceptors (Lipinski definition) is 3. The molecule has 1 unspecified atom stereocenters. The van der Waals surface area contributed by atoms with E-state index in [1.165, 1.54) is 0 Å². The summed E-state index contributed by atoms with van der Waals surface area (Å²) in [5.41, 5.74) is 1.10. The van der Waals surface area contributed by atoms with Crippen molar-refractivity contribution in [1.29, 1.82) is 0 Å². The van der Waals surface area contributed by atoms with Crippen molar-refractivity contribution in [2.45, 2.75) is 19.6 Å². The Balaban J connectivity index is 2.20. The van der Waals surface area contributed by atoms with Crippen molar-refractivity contribution in [3.63, 3.8) is 0 Å². The van der Waals surface area contributed by atoms with E-state index in [1.807, 2.05) is 31.2 Å². The van der Waals surface area contributed by atoms with Crippen LogP contribution < -0.4 is 5.32 Å². The number of likely N-dealkylation sites (N-methyl/N-ethyl adjacent to an activating group) is 1. The molecule has 1 atom stereocenters. The fourth-order valence-corrected chi connectivity index (χ4v) is 1.76. The molecule has 1 aromatic rings. The van der Waals surface area contributed by atoms with E-state index in [1.54, 1.807) is 0 Å². The Kier molecular flexibility index (Phi) is 6.64. The van der Waals surface area contributed by atoms with E-state index in [4.69, 9.17) is 4.74 Å². The minimum Gasteiger partial charge on any atom is -0.389 e. The van der Waals surface area contributed by atoms with Crippen molar-refractivity contribution < 1.29 is 9.84 Å². The van der Waals surface area contributed by atoms with Gasteiger partial charge in [-0.3, -0.25) is 0 Å². The quantitative estimate of drug-likeness (QED) is 0.805. The molecule has 0 aromatic heterocycles.